The SMILES string of the molecule is OC(C1=CCCCCCC1)c1cc(Br)c(Br)o1. The Bertz CT molecular complexity index is 390. The molecular formula is C13H16Br2O2. The molecule has 1 aromatic heterocycles. The maximum absolute atomic E-state index is 10.3. The summed E-state index contributed by atoms with van der Waals surface area (Å²) in [7, 11) is 0. The third-order valence-electron chi connectivity index (χ3n) is 3.11. The monoisotopic (exact) mass is 362 g/mol. The van der Waals surface area contributed by atoms with Crippen LogP contribution in [0.5, 0.6) is 0 Å². The average Bonchev–Trinajstić information content (AvgIpc) is 2.58. The Kier molecular flexibility index (Phi) is 4.88. The van der Waals surface area contributed by atoms with E-state index in [2.05, 4.69) is 37.9 Å². The molecule has 0 aliphatic heterocycles. The number of hydrogen-bond acceptors (Lipinski definition) is 2. The highest BCUT2D eigenvalue weighted by Crippen LogP contribution is 2.34. The summed E-state index contributed by atoms with van der Waals surface area (Å²) in [5.74, 6) is 0.607. The van der Waals surface area contributed by atoms with Crippen molar-refractivity contribution in [3.05, 3.63) is 32.6 Å². The minimum Gasteiger partial charge on any atom is -0.450 e. The first-order valence-corrected chi connectivity index (χ1v) is 7.59. The van der Waals surface area contributed by atoms with Gasteiger partial charge in [-0.25, -0.2) is 0 Å². The van der Waals surface area contributed by atoms with Gasteiger partial charge in [0.2, 0.25) is 0 Å². The molecule has 1 aromatic rings. The molecule has 1 atom stereocenters. The van der Waals surface area contributed by atoms with E-state index in [9.17, 15) is 5.11 Å². The number of furan rings is 1. The molecule has 2 nitrogen and oxygen atoms in total. The van der Waals surface area contributed by atoms with Crippen molar-refractivity contribution in [2.45, 2.75) is 44.6 Å². The molecule has 4 heteroatoms. The quantitative estimate of drug-likeness (QED) is 0.740. The summed E-state index contributed by atoms with van der Waals surface area (Å²) in [4.78, 5) is 0. The van der Waals surface area contributed by atoms with Gasteiger partial charge in [-0.15, -0.1) is 0 Å². The number of allylic oxidation sites excluding steroid dienone is 1. The summed E-state index contributed by atoms with van der Waals surface area (Å²) in [6, 6.07) is 1.83. The molecule has 0 bridgehead atoms. The highest BCUT2D eigenvalue weighted by Gasteiger charge is 2.19. The maximum Gasteiger partial charge on any atom is 0.183 e. The van der Waals surface area contributed by atoms with Crippen molar-refractivity contribution in [1.82, 2.24) is 0 Å². The van der Waals surface area contributed by atoms with Crippen molar-refractivity contribution in [2.75, 3.05) is 0 Å². The van der Waals surface area contributed by atoms with Crippen LogP contribution in [0.1, 0.15) is 50.4 Å². The molecule has 0 aromatic carbocycles. The molecule has 1 aliphatic carbocycles. The van der Waals surface area contributed by atoms with Crippen LogP contribution in [0.15, 0.2) is 31.3 Å². The molecule has 0 fully saturated rings. The van der Waals surface area contributed by atoms with Crippen LogP contribution < -0.4 is 0 Å². The lowest BCUT2D eigenvalue weighted by Gasteiger charge is -2.15. The van der Waals surface area contributed by atoms with Crippen molar-refractivity contribution in [1.29, 1.82) is 0 Å². The first-order chi connectivity index (χ1) is 8.18. The molecular weight excluding hydrogens is 348 g/mol. The highest BCUT2D eigenvalue weighted by molar-refractivity contribution is 9.13. The van der Waals surface area contributed by atoms with Gasteiger partial charge in [-0.2, -0.15) is 0 Å². The zero-order valence-electron chi connectivity index (χ0n) is 9.59. The minimum absolute atomic E-state index is 0.601. The lowest BCUT2D eigenvalue weighted by Crippen LogP contribution is -2.02. The third-order valence-corrected chi connectivity index (χ3v) is 4.82. The van der Waals surface area contributed by atoms with E-state index in [1.807, 2.05) is 6.07 Å². The Morgan fingerprint density at radius 3 is 2.65 bits per heavy atom. The second kappa shape index (κ2) is 6.21. The van der Waals surface area contributed by atoms with E-state index in [0.717, 1.165) is 29.3 Å². The van der Waals surface area contributed by atoms with Crippen molar-refractivity contribution in [3.8, 4) is 0 Å². The highest BCUT2D eigenvalue weighted by atomic mass is 79.9. The van der Waals surface area contributed by atoms with Crippen LogP contribution in [0.2, 0.25) is 0 Å². The van der Waals surface area contributed by atoms with E-state index in [-0.39, 0.29) is 0 Å². The van der Waals surface area contributed by atoms with Crippen molar-refractivity contribution >= 4 is 31.9 Å². The predicted molar refractivity (Wildman–Crippen MR) is 74.9 cm³/mol. The van der Waals surface area contributed by atoms with Gasteiger partial charge in [-0.3, -0.25) is 0 Å². The van der Waals surface area contributed by atoms with Crippen LogP contribution >= 0.6 is 31.9 Å². The number of hydrogen-bond donors (Lipinski definition) is 1. The summed E-state index contributed by atoms with van der Waals surface area (Å²) in [5.41, 5.74) is 1.10. The molecule has 1 unspecified atom stereocenters. The predicted octanol–water partition coefficient (Wildman–Crippen LogP) is 5.12. The molecule has 17 heavy (non-hydrogen) atoms. The molecule has 2 rings (SSSR count). The maximum atomic E-state index is 10.3. The zero-order valence-corrected chi connectivity index (χ0v) is 12.8. The van der Waals surface area contributed by atoms with Crippen molar-refractivity contribution < 1.29 is 9.52 Å². The number of halogens is 2. The molecule has 1 N–H and O–H groups in total. The van der Waals surface area contributed by atoms with Crippen LogP contribution in [0.4, 0.5) is 0 Å². The summed E-state index contributed by atoms with van der Waals surface area (Å²) in [6.45, 7) is 0. The van der Waals surface area contributed by atoms with Gasteiger partial charge >= 0.3 is 0 Å². The average molecular weight is 364 g/mol. The largest absolute Gasteiger partial charge is 0.450 e. The van der Waals surface area contributed by atoms with Gasteiger partial charge in [-0.05, 0) is 69.2 Å². The summed E-state index contributed by atoms with van der Waals surface area (Å²) < 4.78 is 6.96. The van der Waals surface area contributed by atoms with Gasteiger partial charge in [0.25, 0.3) is 0 Å². The molecule has 0 radical (unpaired) electrons. The van der Waals surface area contributed by atoms with Crippen molar-refractivity contribution in [3.63, 3.8) is 0 Å². The second-order valence-corrected chi connectivity index (χ2v) is 5.98. The van der Waals surface area contributed by atoms with Crippen molar-refractivity contribution in [2.24, 2.45) is 0 Å². The number of rotatable bonds is 2. The van der Waals surface area contributed by atoms with Gasteiger partial charge in [0.1, 0.15) is 11.9 Å². The van der Waals surface area contributed by atoms with E-state index in [1.54, 1.807) is 0 Å². The lowest BCUT2D eigenvalue weighted by molar-refractivity contribution is 0.178. The van der Waals surface area contributed by atoms with Gasteiger partial charge in [0.15, 0.2) is 4.67 Å². The van der Waals surface area contributed by atoms with Gasteiger partial charge < -0.3 is 9.52 Å². The van der Waals surface area contributed by atoms with Crippen LogP contribution in [0.3, 0.4) is 0 Å². The number of aliphatic hydroxyl groups is 1. The van der Waals surface area contributed by atoms with Gasteiger partial charge in [0, 0.05) is 0 Å². The molecule has 1 aliphatic rings. The van der Waals surface area contributed by atoms with E-state index in [4.69, 9.17) is 4.42 Å². The standard InChI is InChI=1S/C13H16Br2O2/c14-10-8-11(17-13(10)15)12(16)9-6-4-2-1-3-5-7-9/h6,8,12,16H,1-5,7H2. The summed E-state index contributed by atoms with van der Waals surface area (Å²) >= 11 is 6.66. The van der Waals surface area contributed by atoms with Crippen LogP contribution in [-0.4, -0.2) is 5.11 Å². The van der Waals surface area contributed by atoms with Crippen LogP contribution in [0.25, 0.3) is 0 Å². The van der Waals surface area contributed by atoms with Gasteiger partial charge in [0.05, 0.1) is 4.47 Å². The fraction of sp³-hybridized carbons (Fsp3) is 0.538. The zero-order chi connectivity index (χ0) is 12.3. The fourth-order valence-corrected chi connectivity index (χ4v) is 2.75. The lowest BCUT2D eigenvalue weighted by atomic mass is 9.95. The molecule has 1 heterocycles. The molecule has 0 amide bonds. The third kappa shape index (κ3) is 3.46. The normalized spacial score (nSPS) is 19.4. The number of aliphatic hydroxyl groups excluding tert-OH is 1. The Morgan fingerprint density at radius 2 is 1.94 bits per heavy atom. The van der Waals surface area contributed by atoms with E-state index >= 15 is 0 Å². The summed E-state index contributed by atoms with van der Waals surface area (Å²) in [5, 5.41) is 10.3. The Hall–Kier alpha value is -0.0600. The molecule has 0 spiro atoms. The fourth-order valence-electron chi connectivity index (χ4n) is 2.15. The smallest absolute Gasteiger partial charge is 0.183 e. The summed E-state index contributed by atoms with van der Waals surface area (Å²) in [6.07, 6.45) is 8.55. The van der Waals surface area contributed by atoms with E-state index in [1.165, 1.54) is 19.3 Å². The Labute approximate surface area is 118 Å². The van der Waals surface area contributed by atoms with E-state index in [0.29, 0.717) is 10.4 Å². The van der Waals surface area contributed by atoms with E-state index < -0.39 is 6.10 Å². The van der Waals surface area contributed by atoms with Gasteiger partial charge in [-0.1, -0.05) is 18.9 Å². The topological polar surface area (TPSA) is 33.4 Å². The molecule has 0 saturated carbocycles. The Morgan fingerprint density at radius 1 is 1.18 bits per heavy atom. The van der Waals surface area contributed by atoms with Crippen LogP contribution in [-0.2, 0) is 0 Å². The second-order valence-electron chi connectivity index (χ2n) is 4.40. The molecule has 0 saturated heterocycles. The molecule has 94 valence electrons. The van der Waals surface area contributed by atoms with Crippen LogP contribution in [0, 0.1) is 0 Å². The first kappa shape index (κ1) is 13.4. The first-order valence-electron chi connectivity index (χ1n) is 6.00. The minimum atomic E-state index is -0.601. The Balaban J connectivity index is 2.14.